The first-order chi connectivity index (χ1) is 11.9. The predicted octanol–water partition coefficient (Wildman–Crippen LogP) is 1.84. The fraction of sp³-hybridized carbons (Fsp3) is 0.389. The van der Waals surface area contributed by atoms with E-state index in [-0.39, 0.29) is 11.8 Å². The number of amides is 2. The Balaban J connectivity index is 1.66. The Kier molecular flexibility index (Phi) is 4.85. The van der Waals surface area contributed by atoms with Gasteiger partial charge >= 0.3 is 0 Å². The smallest absolute Gasteiger partial charge is 0.246 e. The molecular weight excluding hydrogens is 336 g/mol. The SMILES string of the molecule is CN(Cc1cccc(-n2cccn2)c1)C(=O)[C@H]1CSC(C)(C)C(=O)N1. The summed E-state index contributed by atoms with van der Waals surface area (Å²) < 4.78 is 1.30. The van der Waals surface area contributed by atoms with Crippen molar-refractivity contribution in [2.75, 3.05) is 12.8 Å². The lowest BCUT2D eigenvalue weighted by Crippen LogP contribution is -2.57. The van der Waals surface area contributed by atoms with Crippen LogP contribution in [0.3, 0.4) is 0 Å². The average molecular weight is 358 g/mol. The number of hydrogen-bond acceptors (Lipinski definition) is 4. The summed E-state index contributed by atoms with van der Waals surface area (Å²) in [6, 6.07) is 9.31. The van der Waals surface area contributed by atoms with Gasteiger partial charge in [-0.05, 0) is 37.6 Å². The standard InChI is InChI=1S/C18H22N4O2S/c1-18(2)17(24)20-15(12-25-18)16(23)21(3)11-13-6-4-7-14(10-13)22-9-5-8-19-22/h4-10,15H,11-12H2,1-3H3,(H,20,24)/t15-/m1/s1. The molecule has 0 unspecified atom stereocenters. The fourth-order valence-corrected chi connectivity index (χ4v) is 3.70. The molecule has 0 radical (unpaired) electrons. The van der Waals surface area contributed by atoms with Crippen LogP contribution in [0.15, 0.2) is 42.7 Å². The molecule has 0 spiro atoms. The first-order valence-corrected chi connectivity index (χ1v) is 9.14. The first kappa shape index (κ1) is 17.5. The van der Waals surface area contributed by atoms with Gasteiger partial charge in [-0.2, -0.15) is 5.10 Å². The van der Waals surface area contributed by atoms with Crippen molar-refractivity contribution in [1.82, 2.24) is 20.0 Å². The molecule has 0 bridgehead atoms. The summed E-state index contributed by atoms with van der Waals surface area (Å²) in [5.41, 5.74) is 1.96. The van der Waals surface area contributed by atoms with Crippen LogP contribution in [0.2, 0.25) is 0 Å². The van der Waals surface area contributed by atoms with Gasteiger partial charge in [0.05, 0.1) is 10.4 Å². The van der Waals surface area contributed by atoms with E-state index in [1.54, 1.807) is 22.8 Å². The van der Waals surface area contributed by atoms with E-state index in [1.165, 1.54) is 11.8 Å². The molecule has 6 nitrogen and oxygen atoms in total. The Morgan fingerprint density at radius 1 is 1.44 bits per heavy atom. The number of aromatic nitrogens is 2. The van der Waals surface area contributed by atoms with Crippen LogP contribution in [0, 0.1) is 0 Å². The van der Waals surface area contributed by atoms with Crippen molar-refractivity contribution in [2.24, 2.45) is 0 Å². The maximum atomic E-state index is 12.7. The summed E-state index contributed by atoms with van der Waals surface area (Å²) in [6.07, 6.45) is 3.61. The van der Waals surface area contributed by atoms with Crippen molar-refractivity contribution in [3.63, 3.8) is 0 Å². The molecule has 2 heterocycles. The van der Waals surface area contributed by atoms with E-state index in [4.69, 9.17) is 0 Å². The second kappa shape index (κ2) is 6.92. The third-order valence-electron chi connectivity index (χ3n) is 4.24. The van der Waals surface area contributed by atoms with E-state index in [0.717, 1.165) is 11.3 Å². The molecule has 7 heteroatoms. The highest BCUT2D eigenvalue weighted by Gasteiger charge is 2.38. The van der Waals surface area contributed by atoms with Crippen LogP contribution in [0.5, 0.6) is 0 Å². The second-order valence-corrected chi connectivity index (χ2v) is 8.30. The molecule has 1 atom stereocenters. The molecule has 1 fully saturated rings. The lowest BCUT2D eigenvalue weighted by atomic mass is 10.1. The number of carbonyl (C=O) groups excluding carboxylic acids is 2. The molecule has 1 aliphatic rings. The second-order valence-electron chi connectivity index (χ2n) is 6.66. The third-order valence-corrected chi connectivity index (χ3v) is 5.64. The zero-order chi connectivity index (χ0) is 18.0. The molecular formula is C18H22N4O2S. The summed E-state index contributed by atoms with van der Waals surface area (Å²) in [6.45, 7) is 4.23. The van der Waals surface area contributed by atoms with Gasteiger partial charge in [0.15, 0.2) is 0 Å². The number of nitrogens with one attached hydrogen (secondary N) is 1. The molecule has 1 aliphatic heterocycles. The molecule has 2 amide bonds. The van der Waals surface area contributed by atoms with E-state index >= 15 is 0 Å². The molecule has 1 saturated heterocycles. The van der Waals surface area contributed by atoms with Gasteiger partial charge in [-0.3, -0.25) is 9.59 Å². The summed E-state index contributed by atoms with van der Waals surface area (Å²) >= 11 is 1.52. The summed E-state index contributed by atoms with van der Waals surface area (Å²) in [5.74, 6) is 0.437. The van der Waals surface area contributed by atoms with Crippen LogP contribution < -0.4 is 5.32 Å². The van der Waals surface area contributed by atoms with E-state index in [1.807, 2.05) is 50.4 Å². The molecule has 0 saturated carbocycles. The molecule has 3 rings (SSSR count). The highest BCUT2D eigenvalue weighted by atomic mass is 32.2. The molecule has 0 aliphatic carbocycles. The van der Waals surface area contributed by atoms with Crippen LogP contribution in [0.25, 0.3) is 5.69 Å². The Morgan fingerprint density at radius 3 is 2.92 bits per heavy atom. The Morgan fingerprint density at radius 2 is 2.24 bits per heavy atom. The molecule has 1 aromatic carbocycles. The molecule has 132 valence electrons. The highest BCUT2D eigenvalue weighted by molar-refractivity contribution is 8.01. The van der Waals surface area contributed by atoms with Crippen LogP contribution >= 0.6 is 11.8 Å². The van der Waals surface area contributed by atoms with Gasteiger partial charge in [0.1, 0.15) is 6.04 Å². The van der Waals surface area contributed by atoms with Crippen LogP contribution in [0.1, 0.15) is 19.4 Å². The Labute approximate surface area is 151 Å². The zero-order valence-electron chi connectivity index (χ0n) is 14.6. The normalized spacial score (nSPS) is 19.3. The minimum atomic E-state index is -0.479. The first-order valence-electron chi connectivity index (χ1n) is 8.16. The van der Waals surface area contributed by atoms with E-state index in [9.17, 15) is 9.59 Å². The number of rotatable bonds is 4. The number of nitrogens with zero attached hydrogens (tertiary/aromatic N) is 3. The quantitative estimate of drug-likeness (QED) is 0.906. The number of likely N-dealkylation sites (N-methyl/N-ethyl adjacent to an activating group) is 1. The van der Waals surface area contributed by atoms with Crippen molar-refractivity contribution < 1.29 is 9.59 Å². The summed E-state index contributed by atoms with van der Waals surface area (Å²) in [7, 11) is 1.76. The Hall–Kier alpha value is -2.28. The van der Waals surface area contributed by atoms with Crippen molar-refractivity contribution >= 4 is 23.6 Å². The average Bonchev–Trinajstić information content (AvgIpc) is 3.11. The van der Waals surface area contributed by atoms with Crippen LogP contribution in [0.4, 0.5) is 0 Å². The minimum Gasteiger partial charge on any atom is -0.342 e. The van der Waals surface area contributed by atoms with E-state index < -0.39 is 10.8 Å². The molecule has 2 aromatic rings. The lowest BCUT2D eigenvalue weighted by Gasteiger charge is -2.34. The number of benzene rings is 1. The van der Waals surface area contributed by atoms with Crippen molar-refractivity contribution in [3.05, 3.63) is 48.3 Å². The fourth-order valence-electron chi connectivity index (χ4n) is 2.70. The number of thioether (sulfide) groups is 1. The molecule has 25 heavy (non-hydrogen) atoms. The van der Waals surface area contributed by atoms with Gasteiger partial charge in [0, 0.05) is 31.7 Å². The van der Waals surface area contributed by atoms with Gasteiger partial charge in [0.25, 0.3) is 0 Å². The molecule has 1 aromatic heterocycles. The third kappa shape index (κ3) is 3.87. The van der Waals surface area contributed by atoms with Gasteiger partial charge in [0.2, 0.25) is 11.8 Å². The number of hydrogen-bond donors (Lipinski definition) is 1. The minimum absolute atomic E-state index is 0.0687. The maximum absolute atomic E-state index is 12.7. The lowest BCUT2D eigenvalue weighted by molar-refractivity contribution is -0.136. The maximum Gasteiger partial charge on any atom is 0.246 e. The van der Waals surface area contributed by atoms with Gasteiger partial charge in [-0.25, -0.2) is 4.68 Å². The Bertz CT molecular complexity index is 773. The zero-order valence-corrected chi connectivity index (χ0v) is 15.4. The summed E-state index contributed by atoms with van der Waals surface area (Å²) in [5, 5.41) is 7.06. The van der Waals surface area contributed by atoms with Crippen molar-refractivity contribution in [3.8, 4) is 5.69 Å². The monoisotopic (exact) mass is 358 g/mol. The van der Waals surface area contributed by atoms with E-state index in [2.05, 4.69) is 10.4 Å². The van der Waals surface area contributed by atoms with Crippen LogP contribution in [-0.2, 0) is 16.1 Å². The highest BCUT2D eigenvalue weighted by Crippen LogP contribution is 2.29. The number of carbonyl (C=O) groups is 2. The van der Waals surface area contributed by atoms with Gasteiger partial charge < -0.3 is 10.2 Å². The predicted molar refractivity (Wildman–Crippen MR) is 98.5 cm³/mol. The summed E-state index contributed by atoms with van der Waals surface area (Å²) in [4.78, 5) is 26.4. The van der Waals surface area contributed by atoms with Gasteiger partial charge in [-0.15, -0.1) is 11.8 Å². The van der Waals surface area contributed by atoms with Crippen molar-refractivity contribution in [1.29, 1.82) is 0 Å². The van der Waals surface area contributed by atoms with Crippen LogP contribution in [-0.4, -0.2) is 50.1 Å². The topological polar surface area (TPSA) is 67.2 Å². The van der Waals surface area contributed by atoms with E-state index in [0.29, 0.717) is 12.3 Å². The van der Waals surface area contributed by atoms with Crippen molar-refractivity contribution in [2.45, 2.75) is 31.2 Å². The largest absolute Gasteiger partial charge is 0.342 e. The molecule has 1 N–H and O–H groups in total. The van der Waals surface area contributed by atoms with Gasteiger partial charge in [-0.1, -0.05) is 12.1 Å².